The summed E-state index contributed by atoms with van der Waals surface area (Å²) >= 11 is 1.79. The lowest BCUT2D eigenvalue weighted by atomic mass is 9.89. The number of piperidine rings is 1. The highest BCUT2D eigenvalue weighted by Crippen LogP contribution is 2.35. The van der Waals surface area contributed by atoms with Crippen LogP contribution in [0.25, 0.3) is 10.9 Å². The summed E-state index contributed by atoms with van der Waals surface area (Å²) in [6.07, 6.45) is 6.08. The average Bonchev–Trinajstić information content (AvgIpc) is 3.20. The van der Waals surface area contributed by atoms with Gasteiger partial charge in [-0.2, -0.15) is 0 Å². The van der Waals surface area contributed by atoms with Crippen molar-refractivity contribution in [3.05, 3.63) is 71.4 Å². The van der Waals surface area contributed by atoms with Gasteiger partial charge < -0.3 is 9.47 Å². The van der Waals surface area contributed by atoms with E-state index in [4.69, 9.17) is 0 Å². The van der Waals surface area contributed by atoms with Crippen LogP contribution >= 0.6 is 11.9 Å². The molecule has 4 rings (SSSR count). The van der Waals surface area contributed by atoms with Crippen molar-refractivity contribution < 1.29 is 0 Å². The van der Waals surface area contributed by atoms with Gasteiger partial charge in [0.05, 0.1) is 0 Å². The number of nitrogens with zero attached hydrogens (tertiary/aromatic N) is 2. The van der Waals surface area contributed by atoms with Crippen LogP contribution in [0.3, 0.4) is 0 Å². The SMILES string of the molecule is CC.CC.CNSCCc1ccc2c(c1)c(C1CCN(C)CC1)cn2Cc1ccccc1. The van der Waals surface area contributed by atoms with Crippen molar-refractivity contribution in [3.63, 3.8) is 0 Å². The molecule has 2 heterocycles. The molecule has 1 aliphatic heterocycles. The highest BCUT2D eigenvalue weighted by Gasteiger charge is 2.22. The van der Waals surface area contributed by atoms with Crippen molar-refractivity contribution in [2.45, 2.75) is 59.4 Å². The maximum absolute atomic E-state index is 3.18. The molecule has 1 N–H and O–H groups in total. The average molecular weight is 454 g/mol. The minimum atomic E-state index is 0.678. The largest absolute Gasteiger partial charge is 0.343 e. The second kappa shape index (κ2) is 14.4. The van der Waals surface area contributed by atoms with E-state index in [1.807, 2.05) is 34.7 Å². The van der Waals surface area contributed by atoms with Crippen molar-refractivity contribution in [1.82, 2.24) is 14.2 Å². The highest BCUT2D eigenvalue weighted by molar-refractivity contribution is 7.97. The summed E-state index contributed by atoms with van der Waals surface area (Å²) in [6.45, 7) is 11.3. The fourth-order valence-corrected chi connectivity index (χ4v) is 4.90. The van der Waals surface area contributed by atoms with Crippen LogP contribution in [0.5, 0.6) is 0 Å². The standard InChI is InChI=1S/C24H31N3S.2C2H6/c1-25-28-15-12-19-8-9-24-22(16-19)23(21-10-13-26(2)14-11-21)18-27(24)17-20-6-4-3-5-7-20;2*1-2/h3-9,16,18,21,25H,10-15,17H2,1-2H3;2*1-2H3. The molecule has 4 heteroatoms. The van der Waals surface area contributed by atoms with E-state index in [9.17, 15) is 0 Å². The second-order valence-corrected chi connectivity index (χ2v) is 9.03. The van der Waals surface area contributed by atoms with Crippen LogP contribution in [0.1, 0.15) is 63.1 Å². The Balaban J connectivity index is 0.000000860. The molecule has 0 radical (unpaired) electrons. The van der Waals surface area contributed by atoms with Crippen LogP contribution in [0.4, 0.5) is 0 Å². The van der Waals surface area contributed by atoms with Gasteiger partial charge in [-0.05, 0) is 81.2 Å². The Morgan fingerprint density at radius 2 is 1.62 bits per heavy atom. The van der Waals surface area contributed by atoms with E-state index in [0.717, 1.165) is 18.7 Å². The van der Waals surface area contributed by atoms with Crippen LogP contribution < -0.4 is 4.72 Å². The number of rotatable bonds is 7. The fourth-order valence-electron chi connectivity index (χ4n) is 4.35. The first-order valence-corrected chi connectivity index (χ1v) is 13.4. The van der Waals surface area contributed by atoms with E-state index in [0.29, 0.717) is 5.92 Å². The summed E-state index contributed by atoms with van der Waals surface area (Å²) in [7, 11) is 4.24. The number of hydrogen-bond donors (Lipinski definition) is 1. The Morgan fingerprint density at radius 3 is 2.28 bits per heavy atom. The predicted molar refractivity (Wildman–Crippen MR) is 145 cm³/mol. The lowest BCUT2D eigenvalue weighted by Crippen LogP contribution is -2.29. The summed E-state index contributed by atoms with van der Waals surface area (Å²) in [5, 5.41) is 1.47. The summed E-state index contributed by atoms with van der Waals surface area (Å²) in [4.78, 5) is 2.46. The molecule has 0 unspecified atom stereocenters. The van der Waals surface area contributed by atoms with E-state index >= 15 is 0 Å². The van der Waals surface area contributed by atoms with E-state index in [2.05, 4.69) is 76.0 Å². The van der Waals surface area contributed by atoms with Gasteiger partial charge in [0.2, 0.25) is 0 Å². The Hall–Kier alpha value is -1.75. The van der Waals surface area contributed by atoms with Gasteiger partial charge in [-0.15, -0.1) is 0 Å². The normalized spacial score (nSPS) is 14.4. The van der Waals surface area contributed by atoms with E-state index in [1.165, 1.54) is 48.0 Å². The van der Waals surface area contributed by atoms with Crippen molar-refractivity contribution in [3.8, 4) is 0 Å². The molecular weight excluding hydrogens is 410 g/mol. The molecule has 1 aliphatic rings. The molecule has 0 spiro atoms. The molecule has 0 saturated carbocycles. The molecule has 3 nitrogen and oxygen atoms in total. The van der Waals surface area contributed by atoms with Crippen LogP contribution in [0.15, 0.2) is 54.7 Å². The summed E-state index contributed by atoms with van der Waals surface area (Å²) in [6, 6.07) is 17.9. The van der Waals surface area contributed by atoms with E-state index in [1.54, 1.807) is 17.5 Å². The summed E-state index contributed by atoms with van der Waals surface area (Å²) < 4.78 is 5.64. The van der Waals surface area contributed by atoms with Gasteiger partial charge in [0.1, 0.15) is 0 Å². The first kappa shape index (κ1) is 26.5. The number of fused-ring (bicyclic) bond motifs is 1. The van der Waals surface area contributed by atoms with Crippen molar-refractivity contribution in [1.29, 1.82) is 0 Å². The van der Waals surface area contributed by atoms with Gasteiger partial charge in [0.25, 0.3) is 0 Å². The number of aromatic nitrogens is 1. The number of nitrogens with one attached hydrogen (secondary N) is 1. The van der Waals surface area contributed by atoms with E-state index < -0.39 is 0 Å². The van der Waals surface area contributed by atoms with Crippen molar-refractivity contribution in [2.24, 2.45) is 0 Å². The van der Waals surface area contributed by atoms with Gasteiger partial charge in [0, 0.05) is 29.4 Å². The van der Waals surface area contributed by atoms with Crippen LogP contribution in [0, 0.1) is 0 Å². The third-order valence-electron chi connectivity index (χ3n) is 5.97. The molecule has 3 aromatic rings. The van der Waals surface area contributed by atoms with Gasteiger partial charge in [-0.1, -0.05) is 76.0 Å². The lowest BCUT2D eigenvalue weighted by Gasteiger charge is -2.28. The minimum absolute atomic E-state index is 0.678. The first-order valence-electron chi connectivity index (χ1n) is 12.4. The molecule has 0 amide bonds. The number of benzene rings is 2. The third-order valence-corrected chi connectivity index (χ3v) is 6.66. The predicted octanol–water partition coefficient (Wildman–Crippen LogP) is 6.96. The molecule has 32 heavy (non-hydrogen) atoms. The topological polar surface area (TPSA) is 20.2 Å². The lowest BCUT2D eigenvalue weighted by molar-refractivity contribution is 0.256. The number of hydrogen-bond acceptors (Lipinski definition) is 3. The quantitative estimate of drug-likeness (QED) is 0.308. The molecule has 176 valence electrons. The summed E-state index contributed by atoms with van der Waals surface area (Å²) in [5.41, 5.74) is 5.75. The molecule has 1 saturated heterocycles. The molecule has 2 aromatic carbocycles. The molecule has 1 aromatic heterocycles. The van der Waals surface area contributed by atoms with E-state index in [-0.39, 0.29) is 0 Å². The van der Waals surface area contributed by atoms with Crippen molar-refractivity contribution in [2.75, 3.05) is 32.9 Å². The Labute approximate surface area is 200 Å². The zero-order chi connectivity index (χ0) is 23.3. The molecule has 0 aliphatic carbocycles. The van der Waals surface area contributed by atoms with Gasteiger partial charge in [0.15, 0.2) is 0 Å². The third kappa shape index (κ3) is 7.13. The Kier molecular flexibility index (Phi) is 11.9. The van der Waals surface area contributed by atoms with Crippen LogP contribution in [0.2, 0.25) is 0 Å². The molecule has 0 atom stereocenters. The monoisotopic (exact) mass is 453 g/mol. The first-order chi connectivity index (χ1) is 15.7. The maximum Gasteiger partial charge on any atom is 0.0486 e. The smallest absolute Gasteiger partial charge is 0.0486 e. The minimum Gasteiger partial charge on any atom is -0.343 e. The van der Waals surface area contributed by atoms with Gasteiger partial charge >= 0.3 is 0 Å². The fraction of sp³-hybridized carbons (Fsp3) is 0.500. The Bertz CT molecular complexity index is 896. The number of aryl methyl sites for hydroxylation is 1. The number of likely N-dealkylation sites (tertiary alicyclic amines) is 1. The summed E-state index contributed by atoms with van der Waals surface area (Å²) in [5.74, 6) is 1.79. The van der Waals surface area contributed by atoms with Crippen LogP contribution in [-0.2, 0) is 13.0 Å². The van der Waals surface area contributed by atoms with Crippen LogP contribution in [-0.4, -0.2) is 42.4 Å². The molecule has 1 fully saturated rings. The van der Waals surface area contributed by atoms with Crippen molar-refractivity contribution >= 4 is 22.9 Å². The van der Waals surface area contributed by atoms with Gasteiger partial charge in [-0.25, -0.2) is 0 Å². The second-order valence-electron chi connectivity index (χ2n) is 7.93. The Morgan fingerprint density at radius 1 is 0.938 bits per heavy atom. The molecule has 0 bridgehead atoms. The zero-order valence-corrected chi connectivity index (χ0v) is 21.8. The zero-order valence-electron chi connectivity index (χ0n) is 21.0. The highest BCUT2D eigenvalue weighted by atomic mass is 32.2. The molecular formula is C28H43N3S. The maximum atomic E-state index is 3.18. The van der Waals surface area contributed by atoms with Gasteiger partial charge in [-0.3, -0.25) is 4.72 Å².